The maximum Gasteiger partial charge on any atom is 0.249 e. The molecule has 1 saturated heterocycles. The van der Waals surface area contributed by atoms with Gasteiger partial charge in [0.25, 0.3) is 0 Å². The number of Topliss-reactive ketones (excluding diaryl/α,β-unsaturated/α-hetero) is 1. The molecule has 0 radical (unpaired) electrons. The van der Waals surface area contributed by atoms with Crippen molar-refractivity contribution in [3.05, 3.63) is 24.0 Å². The first kappa shape index (κ1) is 36.7. The predicted octanol–water partition coefficient (Wildman–Crippen LogP) is 3.13. The van der Waals surface area contributed by atoms with Gasteiger partial charge in [-0.15, -0.1) is 22.6 Å². The number of ketones is 1. The Morgan fingerprint density at radius 2 is 1.78 bits per heavy atom. The van der Waals surface area contributed by atoms with Crippen molar-refractivity contribution in [3.8, 4) is 0 Å². The van der Waals surface area contributed by atoms with Crippen LogP contribution in [0.1, 0.15) is 52.3 Å². The Morgan fingerprint density at radius 3 is 2.44 bits per heavy atom. The van der Waals surface area contributed by atoms with Crippen molar-refractivity contribution in [2.45, 2.75) is 65.5 Å². The van der Waals surface area contributed by atoms with Gasteiger partial charge in [-0.3, -0.25) is 14.0 Å². The van der Waals surface area contributed by atoms with E-state index in [-0.39, 0.29) is 51.1 Å². The Morgan fingerprint density at radius 1 is 1.07 bits per heavy atom. The summed E-state index contributed by atoms with van der Waals surface area (Å²) >= 11 is 0. The van der Waals surface area contributed by atoms with Crippen molar-refractivity contribution in [3.63, 3.8) is 0 Å². The zero-order valence-corrected chi connectivity index (χ0v) is 27.0. The molecule has 2 atom stereocenters. The molecule has 0 spiro atoms. The second kappa shape index (κ2) is 17.0. The van der Waals surface area contributed by atoms with Gasteiger partial charge in [0.15, 0.2) is 11.6 Å². The summed E-state index contributed by atoms with van der Waals surface area (Å²) in [5.74, 6) is 0.930. The summed E-state index contributed by atoms with van der Waals surface area (Å²) in [7, 11) is 0. The van der Waals surface area contributed by atoms with Gasteiger partial charge in [-0.05, 0) is 50.8 Å². The molecule has 41 heavy (non-hydrogen) atoms. The van der Waals surface area contributed by atoms with Gasteiger partial charge in [0.2, 0.25) is 11.6 Å². The van der Waals surface area contributed by atoms with Gasteiger partial charge in [0.05, 0.1) is 30.3 Å². The zero-order valence-electron chi connectivity index (χ0n) is 24.1. The van der Waals surface area contributed by atoms with Crippen LogP contribution in [0.25, 0.3) is 16.7 Å². The number of hydrogen-bond donors (Lipinski definition) is 3. The number of fused-ring (bicyclic) bond motifs is 3. The molecule has 11 nitrogen and oxygen atoms in total. The Labute approximate surface area is 261 Å². The van der Waals surface area contributed by atoms with Crippen LogP contribution in [-0.4, -0.2) is 81.4 Å². The first-order valence-corrected chi connectivity index (χ1v) is 13.5. The number of aliphatic hydroxyl groups is 1. The van der Waals surface area contributed by atoms with E-state index in [1.807, 2.05) is 25.2 Å². The molecule has 1 unspecified atom stereocenters. The number of rotatable bonds is 12. The summed E-state index contributed by atoms with van der Waals surface area (Å²) in [6, 6.07) is 5.72. The molecule has 1 aliphatic heterocycles. The number of morpholine rings is 1. The maximum atomic E-state index is 12.7. The fourth-order valence-electron chi connectivity index (χ4n) is 4.76. The lowest BCUT2D eigenvalue weighted by Gasteiger charge is -2.29. The van der Waals surface area contributed by atoms with Crippen molar-refractivity contribution < 1.29 is 19.4 Å². The lowest BCUT2D eigenvalue weighted by atomic mass is 9.96. The highest BCUT2D eigenvalue weighted by molar-refractivity contribution is 7.59. The Kier molecular flexibility index (Phi) is 15.2. The quantitative estimate of drug-likeness (QED) is 0.258. The minimum Gasteiger partial charge on any atom is -0.384 e. The summed E-state index contributed by atoms with van der Waals surface area (Å²) in [5, 5.41) is 24.2. The van der Waals surface area contributed by atoms with E-state index in [4.69, 9.17) is 9.72 Å². The van der Waals surface area contributed by atoms with Gasteiger partial charge in [-0.25, -0.2) is 4.98 Å². The maximum absolute atomic E-state index is 12.7. The molecule has 4 rings (SSSR count). The van der Waals surface area contributed by atoms with Crippen LogP contribution in [0.4, 0.5) is 11.5 Å². The number of halogens is 1. The Bertz CT molecular complexity index is 1290. The highest BCUT2D eigenvalue weighted by Crippen LogP contribution is 2.26. The van der Waals surface area contributed by atoms with Crippen LogP contribution in [0.2, 0.25) is 0 Å². The van der Waals surface area contributed by atoms with E-state index in [0.717, 1.165) is 68.1 Å². The SMILES string of the molecule is Cc1nnc2c(NCCCCCC(=O)[C@@H](NC(=O)C(C)O)C(C)C)nc3cc(N4CCOCC4)ccc3n12.Cl.S.S. The largest absolute Gasteiger partial charge is 0.384 e. The molecule has 3 aromatic rings. The van der Waals surface area contributed by atoms with E-state index in [2.05, 4.69) is 43.9 Å². The van der Waals surface area contributed by atoms with Crippen LogP contribution in [0.5, 0.6) is 0 Å². The number of benzene rings is 1. The average molecular weight is 630 g/mol. The van der Waals surface area contributed by atoms with Crippen molar-refractivity contribution >= 4 is 79.3 Å². The molecule has 14 heteroatoms. The van der Waals surface area contributed by atoms with Crippen LogP contribution in [-0.2, 0) is 14.3 Å². The fourth-order valence-corrected chi connectivity index (χ4v) is 4.76. The molecule has 2 aromatic heterocycles. The second-order valence-electron chi connectivity index (χ2n) is 10.2. The fraction of sp³-hybridized carbons (Fsp3) is 0.593. The van der Waals surface area contributed by atoms with Crippen molar-refractivity contribution in [2.24, 2.45) is 5.92 Å². The number of aryl methyl sites for hydroxylation is 1. The van der Waals surface area contributed by atoms with E-state index >= 15 is 0 Å². The van der Waals surface area contributed by atoms with Crippen LogP contribution in [0.15, 0.2) is 18.2 Å². The number of unbranched alkanes of at least 4 members (excludes halogenated alkanes) is 2. The van der Waals surface area contributed by atoms with Gasteiger partial charge >= 0.3 is 0 Å². The predicted molar refractivity (Wildman–Crippen MR) is 174 cm³/mol. The molecule has 1 aliphatic rings. The zero-order chi connectivity index (χ0) is 27.2. The molecule has 0 aliphatic carbocycles. The lowest BCUT2D eigenvalue weighted by Crippen LogP contribution is -2.47. The van der Waals surface area contributed by atoms with Crippen LogP contribution in [0.3, 0.4) is 0 Å². The number of carbonyl (C=O) groups is 2. The monoisotopic (exact) mass is 629 g/mol. The van der Waals surface area contributed by atoms with E-state index < -0.39 is 18.1 Å². The molecule has 1 aromatic carbocycles. The molecule has 3 heterocycles. The highest BCUT2D eigenvalue weighted by Gasteiger charge is 2.25. The first-order chi connectivity index (χ1) is 18.3. The first-order valence-electron chi connectivity index (χ1n) is 13.5. The van der Waals surface area contributed by atoms with E-state index in [1.54, 1.807) is 0 Å². The van der Waals surface area contributed by atoms with Crippen LogP contribution < -0.4 is 15.5 Å². The number of hydrogen-bond acceptors (Lipinski definition) is 9. The number of aliphatic hydroxyl groups excluding tert-OH is 1. The highest BCUT2D eigenvalue weighted by atomic mass is 35.5. The minimum atomic E-state index is -1.13. The number of ether oxygens (including phenoxy) is 1. The molecular formula is C27H44ClN7O4S2. The minimum absolute atomic E-state index is 0. The summed E-state index contributed by atoms with van der Waals surface area (Å²) in [6.45, 7) is 11.0. The summed E-state index contributed by atoms with van der Waals surface area (Å²) in [6.07, 6.45) is 1.68. The normalized spacial score (nSPS) is 14.5. The number of aromatic nitrogens is 4. The smallest absolute Gasteiger partial charge is 0.249 e. The van der Waals surface area contributed by atoms with Gasteiger partial charge in [0, 0.05) is 31.7 Å². The number of nitrogens with one attached hydrogen (secondary N) is 2. The molecule has 1 amide bonds. The third-order valence-electron chi connectivity index (χ3n) is 6.93. The van der Waals surface area contributed by atoms with E-state index in [0.29, 0.717) is 24.4 Å². The molecular weight excluding hydrogens is 586 g/mol. The molecule has 0 saturated carbocycles. The van der Waals surface area contributed by atoms with Crippen LogP contribution in [0, 0.1) is 12.8 Å². The van der Waals surface area contributed by atoms with Crippen LogP contribution >= 0.6 is 39.4 Å². The standard InChI is InChI=1S/C27H39N7O4.ClH.2H2S/c1-17(2)24(30-27(37)18(3)35)23(36)8-6-5-7-11-28-25-26-32-31-19(4)34(26)22-10-9-20(16-21(22)29-25)33-12-14-38-15-13-33;;;/h9-10,16-18,24,35H,5-8,11-15H2,1-4H3,(H,28,29)(H,30,37);1H;2*1H2/t18?,24-;;;/m0.../s1. The average Bonchev–Trinajstić information content (AvgIpc) is 3.30. The number of nitrogens with zero attached hydrogens (tertiary/aromatic N) is 5. The topological polar surface area (TPSA) is 134 Å². The molecule has 3 N–H and O–H groups in total. The Balaban J connectivity index is 0.00000280. The van der Waals surface area contributed by atoms with E-state index in [1.165, 1.54) is 6.92 Å². The number of carbonyl (C=O) groups excluding carboxylic acids is 2. The van der Waals surface area contributed by atoms with E-state index in [9.17, 15) is 14.7 Å². The van der Waals surface area contributed by atoms with Gasteiger partial charge < -0.3 is 25.4 Å². The Hall–Kier alpha value is -2.32. The summed E-state index contributed by atoms with van der Waals surface area (Å²) in [5.41, 5.74) is 3.65. The van der Waals surface area contributed by atoms with Crippen molar-refractivity contribution in [1.29, 1.82) is 0 Å². The molecule has 0 bridgehead atoms. The molecule has 1 fully saturated rings. The molecule has 230 valence electrons. The number of amides is 1. The third-order valence-corrected chi connectivity index (χ3v) is 6.93. The van der Waals surface area contributed by atoms with Gasteiger partial charge in [0.1, 0.15) is 11.9 Å². The second-order valence-corrected chi connectivity index (χ2v) is 10.2. The van der Waals surface area contributed by atoms with Crippen molar-refractivity contribution in [2.75, 3.05) is 43.1 Å². The summed E-state index contributed by atoms with van der Waals surface area (Å²) in [4.78, 5) is 31.7. The van der Waals surface area contributed by atoms with Gasteiger partial charge in [-0.2, -0.15) is 27.0 Å². The summed E-state index contributed by atoms with van der Waals surface area (Å²) < 4.78 is 7.52. The van der Waals surface area contributed by atoms with Crippen molar-refractivity contribution in [1.82, 2.24) is 24.9 Å². The number of anilines is 2. The lowest BCUT2D eigenvalue weighted by molar-refractivity contribution is -0.133. The third kappa shape index (κ3) is 9.08. The van der Waals surface area contributed by atoms with Gasteiger partial charge in [-0.1, -0.05) is 20.3 Å².